The van der Waals surface area contributed by atoms with Crippen LogP contribution in [0.4, 0.5) is 5.95 Å². The predicted octanol–water partition coefficient (Wildman–Crippen LogP) is 4.35. The van der Waals surface area contributed by atoms with E-state index >= 15 is 0 Å². The second-order valence-electron chi connectivity index (χ2n) is 8.02. The van der Waals surface area contributed by atoms with Gasteiger partial charge in [0, 0.05) is 31.7 Å². The van der Waals surface area contributed by atoms with Crippen molar-refractivity contribution in [2.24, 2.45) is 0 Å². The molecule has 0 amide bonds. The summed E-state index contributed by atoms with van der Waals surface area (Å²) in [5.74, 6) is 2.98. The minimum absolute atomic E-state index is 0.0885. The molecular formula is C24H31ClN8O3S. The lowest BCUT2D eigenvalue weighted by Gasteiger charge is -2.23. The number of nitrogens with zero attached hydrogens (tertiary/aromatic N) is 6. The van der Waals surface area contributed by atoms with Gasteiger partial charge in [-0.15, -0.1) is 10.2 Å². The van der Waals surface area contributed by atoms with E-state index in [9.17, 15) is 0 Å². The van der Waals surface area contributed by atoms with Gasteiger partial charge in [0.2, 0.25) is 5.95 Å². The second-order valence-corrected chi connectivity index (χ2v) is 9.64. The van der Waals surface area contributed by atoms with Crippen LogP contribution in [0.15, 0.2) is 42.9 Å². The molecule has 0 saturated heterocycles. The molecule has 0 aliphatic carbocycles. The Bertz CT molecular complexity index is 1190. The predicted molar refractivity (Wildman–Crippen MR) is 144 cm³/mol. The van der Waals surface area contributed by atoms with E-state index in [-0.39, 0.29) is 17.4 Å². The SMILES string of the molecule is CCOC(c1ncc(Cl)cn1)C(C)SNc1nnc(C2C=CN(CC)N2)n1-c1c(OC)cccc1OC. The summed E-state index contributed by atoms with van der Waals surface area (Å²) in [5, 5.41) is 11.4. The molecule has 0 fully saturated rings. The zero-order valence-electron chi connectivity index (χ0n) is 21.4. The Balaban J connectivity index is 1.68. The number of hydrazine groups is 1. The van der Waals surface area contributed by atoms with Gasteiger partial charge in [-0.3, -0.25) is 9.29 Å². The second kappa shape index (κ2) is 12.5. The third-order valence-corrected chi connectivity index (χ3v) is 6.81. The van der Waals surface area contributed by atoms with Crippen LogP contribution in [0, 0.1) is 0 Å². The van der Waals surface area contributed by atoms with Gasteiger partial charge in [-0.05, 0) is 50.9 Å². The van der Waals surface area contributed by atoms with Crippen molar-refractivity contribution in [1.82, 2.24) is 35.2 Å². The summed E-state index contributed by atoms with van der Waals surface area (Å²) < 4.78 is 22.7. The summed E-state index contributed by atoms with van der Waals surface area (Å²) >= 11 is 7.41. The first-order valence-corrected chi connectivity index (χ1v) is 13.1. The highest BCUT2D eigenvalue weighted by molar-refractivity contribution is 8.01. The Hall–Kier alpha value is -3.06. The summed E-state index contributed by atoms with van der Waals surface area (Å²) in [6.07, 6.45) is 6.80. The van der Waals surface area contributed by atoms with Crippen molar-refractivity contribution >= 4 is 29.5 Å². The van der Waals surface area contributed by atoms with Gasteiger partial charge in [0.05, 0.1) is 24.5 Å². The Morgan fingerprint density at radius 3 is 2.43 bits per heavy atom. The molecule has 0 bridgehead atoms. The van der Waals surface area contributed by atoms with E-state index in [4.69, 9.17) is 25.8 Å². The summed E-state index contributed by atoms with van der Waals surface area (Å²) in [4.78, 5) is 8.72. The number of benzene rings is 1. The quantitative estimate of drug-likeness (QED) is 0.316. The van der Waals surface area contributed by atoms with Crippen molar-refractivity contribution in [1.29, 1.82) is 0 Å². The molecule has 2 aromatic heterocycles. The number of hydrogen-bond acceptors (Lipinski definition) is 11. The number of ether oxygens (including phenoxy) is 3. The van der Waals surface area contributed by atoms with E-state index in [2.05, 4.69) is 37.2 Å². The lowest BCUT2D eigenvalue weighted by molar-refractivity contribution is 0.0576. The fourth-order valence-corrected chi connectivity index (χ4v) is 4.75. The highest BCUT2D eigenvalue weighted by Crippen LogP contribution is 2.38. The first kappa shape index (κ1) is 27.0. The average molecular weight is 547 g/mol. The monoisotopic (exact) mass is 546 g/mol. The first-order valence-electron chi connectivity index (χ1n) is 11.9. The van der Waals surface area contributed by atoms with Gasteiger partial charge < -0.3 is 19.2 Å². The molecule has 4 rings (SSSR count). The standard InChI is InChI=1S/C24H31ClN8O3S/c1-6-32-12-11-17(30-32)23-28-29-24(33(23)20-18(34-4)9-8-10-19(20)35-5)31-37-15(3)21(36-7-2)22-26-13-16(25)14-27-22/h8-15,17,21,30H,6-7H2,1-5H3,(H,29,31). The zero-order valence-corrected chi connectivity index (χ0v) is 23.0. The molecule has 198 valence electrons. The first-order chi connectivity index (χ1) is 18.0. The molecule has 1 aliphatic rings. The van der Waals surface area contributed by atoms with Crippen LogP contribution in [0.1, 0.15) is 44.6 Å². The minimum atomic E-state index is -0.367. The highest BCUT2D eigenvalue weighted by atomic mass is 35.5. The molecule has 1 aromatic carbocycles. The number of rotatable bonds is 12. The van der Waals surface area contributed by atoms with Gasteiger partial charge in [-0.1, -0.05) is 17.7 Å². The molecule has 1 aliphatic heterocycles. The Morgan fingerprint density at radius 1 is 1.14 bits per heavy atom. The van der Waals surface area contributed by atoms with Gasteiger partial charge in [-0.25, -0.2) is 15.4 Å². The van der Waals surface area contributed by atoms with E-state index in [0.717, 1.165) is 6.54 Å². The molecule has 0 saturated carbocycles. The van der Waals surface area contributed by atoms with Crippen LogP contribution in [0.25, 0.3) is 5.69 Å². The number of para-hydroxylation sites is 1. The summed E-state index contributed by atoms with van der Waals surface area (Å²) in [6, 6.07) is 5.43. The number of aromatic nitrogens is 5. The van der Waals surface area contributed by atoms with Gasteiger partial charge >= 0.3 is 0 Å². The maximum absolute atomic E-state index is 5.98. The Labute approximate surface area is 225 Å². The van der Waals surface area contributed by atoms with Crippen molar-refractivity contribution < 1.29 is 14.2 Å². The lowest BCUT2D eigenvalue weighted by Crippen LogP contribution is -2.31. The molecule has 37 heavy (non-hydrogen) atoms. The topological polar surface area (TPSA) is 111 Å². The van der Waals surface area contributed by atoms with Crippen LogP contribution >= 0.6 is 23.5 Å². The van der Waals surface area contributed by atoms with Gasteiger partial charge in [0.15, 0.2) is 11.6 Å². The summed E-state index contributed by atoms with van der Waals surface area (Å²) in [6.45, 7) is 7.35. The summed E-state index contributed by atoms with van der Waals surface area (Å²) in [7, 11) is 3.25. The number of hydrogen-bond donors (Lipinski definition) is 2. The molecule has 3 aromatic rings. The molecule has 13 heteroatoms. The van der Waals surface area contributed by atoms with Crippen molar-refractivity contribution in [3.63, 3.8) is 0 Å². The van der Waals surface area contributed by atoms with Crippen molar-refractivity contribution in [3.8, 4) is 17.2 Å². The molecule has 0 spiro atoms. The van der Waals surface area contributed by atoms with E-state index in [1.807, 2.05) is 53.9 Å². The van der Waals surface area contributed by atoms with E-state index in [0.29, 0.717) is 46.4 Å². The van der Waals surface area contributed by atoms with Gasteiger partial charge in [0.1, 0.15) is 29.3 Å². The van der Waals surface area contributed by atoms with E-state index < -0.39 is 0 Å². The van der Waals surface area contributed by atoms with Crippen LogP contribution in [0.2, 0.25) is 5.02 Å². The average Bonchev–Trinajstić information content (AvgIpc) is 3.57. The number of nitrogens with one attached hydrogen (secondary N) is 2. The molecular weight excluding hydrogens is 516 g/mol. The zero-order chi connectivity index (χ0) is 26.4. The number of methoxy groups -OCH3 is 2. The van der Waals surface area contributed by atoms with Crippen LogP contribution in [-0.2, 0) is 4.74 Å². The Kier molecular flexibility index (Phi) is 9.09. The Morgan fingerprint density at radius 2 is 1.84 bits per heavy atom. The van der Waals surface area contributed by atoms with Crippen LogP contribution in [0.5, 0.6) is 11.5 Å². The highest BCUT2D eigenvalue weighted by Gasteiger charge is 2.29. The molecule has 3 atom stereocenters. The van der Waals surface area contributed by atoms with Crippen LogP contribution < -0.4 is 19.6 Å². The van der Waals surface area contributed by atoms with E-state index in [1.54, 1.807) is 26.6 Å². The molecule has 2 N–H and O–H groups in total. The van der Waals surface area contributed by atoms with Crippen molar-refractivity contribution in [2.75, 3.05) is 32.1 Å². The molecule has 3 unspecified atom stereocenters. The maximum atomic E-state index is 5.98. The molecule has 3 heterocycles. The normalized spacial score (nSPS) is 16.6. The fourth-order valence-electron chi connectivity index (χ4n) is 3.91. The van der Waals surface area contributed by atoms with E-state index in [1.165, 1.54) is 11.9 Å². The fraction of sp³-hybridized carbons (Fsp3) is 0.417. The van der Waals surface area contributed by atoms with Crippen molar-refractivity contribution in [3.05, 3.63) is 59.5 Å². The maximum Gasteiger partial charge on any atom is 0.239 e. The smallest absolute Gasteiger partial charge is 0.239 e. The minimum Gasteiger partial charge on any atom is -0.494 e. The third kappa shape index (κ3) is 5.93. The van der Waals surface area contributed by atoms with Crippen molar-refractivity contribution in [2.45, 2.75) is 38.2 Å². The molecule has 0 radical (unpaired) electrons. The largest absolute Gasteiger partial charge is 0.494 e. The number of anilines is 1. The summed E-state index contributed by atoms with van der Waals surface area (Å²) in [5.41, 5.74) is 4.11. The lowest BCUT2D eigenvalue weighted by atomic mass is 10.2. The third-order valence-electron chi connectivity index (χ3n) is 5.70. The number of halogens is 1. The molecule has 11 nitrogen and oxygen atoms in total. The van der Waals surface area contributed by atoms with Gasteiger partial charge in [-0.2, -0.15) is 0 Å². The van der Waals surface area contributed by atoms with Crippen LogP contribution in [0.3, 0.4) is 0 Å². The van der Waals surface area contributed by atoms with Crippen LogP contribution in [-0.4, -0.2) is 62.4 Å². The van der Waals surface area contributed by atoms with Gasteiger partial charge in [0.25, 0.3) is 0 Å².